The Morgan fingerprint density at radius 1 is 0.492 bits per heavy atom. The zero-order chi connectivity index (χ0) is 42.4. The maximum absolute atomic E-state index is 11.2. The van der Waals surface area contributed by atoms with E-state index in [2.05, 4.69) is 18.8 Å². The molecule has 0 aliphatic heterocycles. The summed E-state index contributed by atoms with van der Waals surface area (Å²) in [5, 5.41) is 53.2. The number of benzene rings is 3. The Balaban J connectivity index is 1.58. The standard InChI is InChI=1S/C44H61N3O12/c1-5-7-9-11-19-55-25-31(49)28-58-34-14-17-37(40(52)22-34)43-45-42(36-16-13-33(21-39(36)51)57-27-30(48)24-53-3)46-44(47-43)38-18-15-35(23-41(38)54-4)59-29-32(50)26-56-20-12-10-8-6-2/h13-18,21-23,30-32,48-52H,5-12,19-20,24-29H2,1-4H3. The number of aliphatic hydroxyl groups is 3. The first-order valence-corrected chi connectivity index (χ1v) is 20.3. The molecule has 0 amide bonds. The second-order valence-electron chi connectivity index (χ2n) is 14.1. The predicted molar refractivity (Wildman–Crippen MR) is 222 cm³/mol. The number of aliphatic hydroxyl groups excluding tert-OH is 3. The van der Waals surface area contributed by atoms with E-state index >= 15 is 0 Å². The molecule has 0 aliphatic carbocycles. The summed E-state index contributed by atoms with van der Waals surface area (Å²) in [6.07, 6.45) is 6.09. The molecule has 324 valence electrons. The Morgan fingerprint density at radius 3 is 1.31 bits per heavy atom. The molecule has 15 heteroatoms. The lowest BCUT2D eigenvalue weighted by atomic mass is 10.1. The van der Waals surface area contributed by atoms with Gasteiger partial charge in [-0.05, 0) is 49.2 Å². The van der Waals surface area contributed by atoms with Gasteiger partial charge in [0, 0.05) is 38.5 Å². The van der Waals surface area contributed by atoms with Crippen LogP contribution in [0.25, 0.3) is 34.2 Å². The van der Waals surface area contributed by atoms with E-state index in [1.165, 1.54) is 26.4 Å². The fourth-order valence-corrected chi connectivity index (χ4v) is 5.88. The van der Waals surface area contributed by atoms with Crippen LogP contribution in [0.4, 0.5) is 0 Å². The van der Waals surface area contributed by atoms with Crippen molar-refractivity contribution < 1.29 is 58.7 Å². The van der Waals surface area contributed by atoms with E-state index in [9.17, 15) is 25.5 Å². The van der Waals surface area contributed by atoms with Gasteiger partial charge in [-0.1, -0.05) is 52.4 Å². The number of phenols is 2. The van der Waals surface area contributed by atoms with Gasteiger partial charge in [0.15, 0.2) is 17.5 Å². The lowest BCUT2D eigenvalue weighted by molar-refractivity contribution is 0.0109. The van der Waals surface area contributed by atoms with Gasteiger partial charge in [0.25, 0.3) is 0 Å². The van der Waals surface area contributed by atoms with E-state index < -0.39 is 18.3 Å². The van der Waals surface area contributed by atoms with Gasteiger partial charge in [-0.15, -0.1) is 0 Å². The molecule has 59 heavy (non-hydrogen) atoms. The maximum Gasteiger partial charge on any atom is 0.167 e. The number of nitrogens with zero attached hydrogens (tertiary/aromatic N) is 3. The van der Waals surface area contributed by atoms with Crippen LogP contribution in [0.15, 0.2) is 54.6 Å². The summed E-state index contributed by atoms with van der Waals surface area (Å²) in [7, 11) is 2.96. The second kappa shape index (κ2) is 25.7. The minimum absolute atomic E-state index is 0.00664. The highest BCUT2D eigenvalue weighted by atomic mass is 16.5. The molecule has 0 radical (unpaired) electrons. The molecule has 1 aromatic heterocycles. The lowest BCUT2D eigenvalue weighted by Crippen LogP contribution is -2.23. The molecule has 0 aliphatic rings. The molecule has 4 aromatic rings. The summed E-state index contributed by atoms with van der Waals surface area (Å²) in [4.78, 5) is 14.0. The minimum atomic E-state index is -0.861. The van der Waals surface area contributed by atoms with Crippen LogP contribution in [0.1, 0.15) is 65.2 Å². The van der Waals surface area contributed by atoms with Gasteiger partial charge < -0.3 is 58.7 Å². The summed E-state index contributed by atoms with van der Waals surface area (Å²) in [5.74, 6) is 1.30. The lowest BCUT2D eigenvalue weighted by Gasteiger charge is -2.16. The van der Waals surface area contributed by atoms with Crippen molar-refractivity contribution in [3.63, 3.8) is 0 Å². The highest BCUT2D eigenvalue weighted by molar-refractivity contribution is 5.74. The first-order valence-electron chi connectivity index (χ1n) is 20.3. The third-order valence-corrected chi connectivity index (χ3v) is 9.06. The summed E-state index contributed by atoms with van der Waals surface area (Å²) in [6.45, 7) is 5.74. The number of unbranched alkanes of at least 4 members (excludes halogenated alkanes) is 6. The average molecular weight is 824 g/mol. The van der Waals surface area contributed by atoms with Crippen molar-refractivity contribution in [2.45, 2.75) is 83.5 Å². The number of hydrogen-bond acceptors (Lipinski definition) is 15. The largest absolute Gasteiger partial charge is 0.507 e. The van der Waals surface area contributed by atoms with Crippen LogP contribution in [0, 0.1) is 0 Å². The Hall–Kier alpha value is -4.77. The molecule has 5 N–H and O–H groups in total. The summed E-state index contributed by atoms with van der Waals surface area (Å²) >= 11 is 0. The molecule has 3 unspecified atom stereocenters. The first kappa shape index (κ1) is 46.9. The van der Waals surface area contributed by atoms with Crippen LogP contribution in [-0.2, 0) is 14.2 Å². The van der Waals surface area contributed by atoms with Crippen LogP contribution in [0.3, 0.4) is 0 Å². The Morgan fingerprint density at radius 2 is 0.898 bits per heavy atom. The highest BCUT2D eigenvalue weighted by Crippen LogP contribution is 2.38. The van der Waals surface area contributed by atoms with Gasteiger partial charge in [0.1, 0.15) is 72.6 Å². The normalized spacial score (nSPS) is 12.9. The van der Waals surface area contributed by atoms with Crippen molar-refractivity contribution in [2.75, 3.05) is 67.1 Å². The molecule has 0 bridgehead atoms. The van der Waals surface area contributed by atoms with Gasteiger partial charge in [0.2, 0.25) is 0 Å². The van der Waals surface area contributed by atoms with Gasteiger partial charge in [-0.3, -0.25) is 0 Å². The molecule has 0 saturated heterocycles. The molecule has 0 spiro atoms. The van der Waals surface area contributed by atoms with Gasteiger partial charge >= 0.3 is 0 Å². The van der Waals surface area contributed by atoms with E-state index in [4.69, 9.17) is 43.1 Å². The molecular weight excluding hydrogens is 762 g/mol. The molecular formula is C44H61N3O12. The smallest absolute Gasteiger partial charge is 0.167 e. The Bertz CT molecular complexity index is 1830. The molecule has 0 saturated carbocycles. The highest BCUT2D eigenvalue weighted by Gasteiger charge is 2.21. The summed E-state index contributed by atoms with van der Waals surface area (Å²) in [6, 6.07) is 14.2. The quantitative estimate of drug-likeness (QED) is 0.0379. The molecule has 1 heterocycles. The van der Waals surface area contributed by atoms with Crippen molar-refractivity contribution in [2.24, 2.45) is 0 Å². The van der Waals surface area contributed by atoms with Crippen molar-refractivity contribution in [3.8, 4) is 68.7 Å². The van der Waals surface area contributed by atoms with Crippen molar-refractivity contribution >= 4 is 0 Å². The van der Waals surface area contributed by atoms with Crippen LogP contribution < -0.4 is 18.9 Å². The van der Waals surface area contributed by atoms with Gasteiger partial charge in [0.05, 0.1) is 43.6 Å². The zero-order valence-electron chi connectivity index (χ0n) is 34.7. The Kier molecular flexibility index (Phi) is 20.4. The maximum atomic E-state index is 11.2. The van der Waals surface area contributed by atoms with Crippen LogP contribution in [0.2, 0.25) is 0 Å². The minimum Gasteiger partial charge on any atom is -0.507 e. The number of rotatable bonds is 29. The second-order valence-corrected chi connectivity index (χ2v) is 14.1. The van der Waals surface area contributed by atoms with Crippen LogP contribution in [-0.4, -0.2) is 126 Å². The zero-order valence-corrected chi connectivity index (χ0v) is 34.7. The monoisotopic (exact) mass is 823 g/mol. The predicted octanol–water partition coefficient (Wildman–Crippen LogP) is 6.35. The molecule has 4 rings (SSSR count). The van der Waals surface area contributed by atoms with Crippen LogP contribution >= 0.6 is 0 Å². The summed E-state index contributed by atoms with van der Waals surface area (Å²) < 4.78 is 39.1. The number of hydrogen-bond donors (Lipinski definition) is 5. The van der Waals surface area contributed by atoms with E-state index in [0.717, 1.165) is 51.4 Å². The van der Waals surface area contributed by atoms with E-state index in [1.54, 1.807) is 42.5 Å². The summed E-state index contributed by atoms with van der Waals surface area (Å²) in [5.41, 5.74) is 0.930. The van der Waals surface area contributed by atoms with Crippen LogP contribution in [0.5, 0.6) is 34.5 Å². The number of aromatic nitrogens is 3. The topological polar surface area (TPSA) is 204 Å². The number of ether oxygens (including phenoxy) is 7. The van der Waals surface area contributed by atoms with Crippen molar-refractivity contribution in [1.29, 1.82) is 0 Å². The molecule has 15 nitrogen and oxygen atoms in total. The SMILES string of the molecule is CCCCCCOCC(O)COc1ccc(-c2nc(-c3ccc(OCC(O)COC)cc3O)nc(-c3ccc(OCC(O)COCCCCCC)cc3OC)n2)c(O)c1. The number of phenolic OH excluding ortho intramolecular Hbond substituents is 2. The molecule has 0 fully saturated rings. The molecule has 3 atom stereocenters. The number of aromatic hydroxyl groups is 2. The average Bonchev–Trinajstić information content (AvgIpc) is 3.23. The fourth-order valence-electron chi connectivity index (χ4n) is 5.88. The fraction of sp³-hybridized carbons (Fsp3) is 0.523. The van der Waals surface area contributed by atoms with E-state index in [0.29, 0.717) is 41.8 Å². The van der Waals surface area contributed by atoms with Gasteiger partial charge in [-0.25, -0.2) is 15.0 Å². The van der Waals surface area contributed by atoms with Crippen molar-refractivity contribution in [3.05, 3.63) is 54.6 Å². The van der Waals surface area contributed by atoms with Gasteiger partial charge in [-0.2, -0.15) is 0 Å². The van der Waals surface area contributed by atoms with E-state index in [1.807, 2.05) is 0 Å². The van der Waals surface area contributed by atoms with Crippen molar-refractivity contribution in [1.82, 2.24) is 15.0 Å². The molecule has 3 aromatic carbocycles. The van der Waals surface area contributed by atoms with E-state index in [-0.39, 0.29) is 79.7 Å². The first-order chi connectivity index (χ1) is 28.6. The Labute approximate surface area is 346 Å². The third kappa shape index (κ3) is 15.7. The number of methoxy groups -OCH3 is 2. The third-order valence-electron chi connectivity index (χ3n) is 9.06.